The Kier molecular flexibility index (Phi) is 9.11. The molecule has 40 heavy (non-hydrogen) atoms. The topological polar surface area (TPSA) is 111 Å². The Balaban J connectivity index is 1.86. The summed E-state index contributed by atoms with van der Waals surface area (Å²) in [5.74, 6) is -1.17. The summed E-state index contributed by atoms with van der Waals surface area (Å²) < 4.78 is 48.3. The lowest BCUT2D eigenvalue weighted by molar-refractivity contribution is 0.165. The van der Waals surface area contributed by atoms with Crippen LogP contribution in [0.2, 0.25) is 0 Å². The summed E-state index contributed by atoms with van der Waals surface area (Å²) in [7, 11) is -2.98. The fourth-order valence-electron chi connectivity index (χ4n) is 4.72. The number of hydrogen-bond donors (Lipinski definition) is 1. The summed E-state index contributed by atoms with van der Waals surface area (Å²) in [6.45, 7) is 3.72. The minimum atomic E-state index is -4.49. The van der Waals surface area contributed by atoms with Gasteiger partial charge in [0.1, 0.15) is 5.82 Å². The van der Waals surface area contributed by atoms with E-state index in [9.17, 15) is 22.7 Å². The molecule has 0 bridgehead atoms. The van der Waals surface area contributed by atoms with Gasteiger partial charge in [-0.1, -0.05) is 62.2 Å². The molecule has 0 aliphatic carbocycles. The Morgan fingerprint density at radius 2 is 1.75 bits per heavy atom. The molecule has 4 rings (SSSR count). The number of sulfone groups is 1. The summed E-state index contributed by atoms with van der Waals surface area (Å²) in [6, 6.07) is 15.8. The fraction of sp³-hybridized carbons (Fsp3) is 0.300. The van der Waals surface area contributed by atoms with Crippen molar-refractivity contribution in [2.24, 2.45) is 0 Å². The maximum atomic E-state index is 14.0. The van der Waals surface area contributed by atoms with E-state index in [0.29, 0.717) is 29.5 Å². The summed E-state index contributed by atoms with van der Waals surface area (Å²) >= 11 is 0. The molecule has 0 aliphatic heterocycles. The molecule has 0 fully saturated rings. The highest BCUT2D eigenvalue weighted by molar-refractivity contribution is 7.91. The average molecular weight is 566 g/mol. The van der Waals surface area contributed by atoms with Crippen molar-refractivity contribution in [3.63, 3.8) is 0 Å². The van der Waals surface area contributed by atoms with Crippen molar-refractivity contribution in [3.8, 4) is 17.0 Å². The number of pyridine rings is 1. The van der Waals surface area contributed by atoms with Crippen molar-refractivity contribution in [2.75, 3.05) is 13.7 Å². The zero-order valence-corrected chi connectivity index (χ0v) is 23.5. The van der Waals surface area contributed by atoms with E-state index in [1.165, 1.54) is 42.1 Å². The first-order valence-corrected chi connectivity index (χ1v) is 14.5. The van der Waals surface area contributed by atoms with Crippen LogP contribution in [0.25, 0.3) is 11.1 Å². The zero-order valence-electron chi connectivity index (χ0n) is 22.7. The molecular formula is C30H32FN3O5S. The van der Waals surface area contributed by atoms with E-state index in [1.807, 2.05) is 37.3 Å². The number of halogens is 1. The van der Waals surface area contributed by atoms with Gasteiger partial charge in [0.25, 0.3) is 5.56 Å². The number of aryl methyl sites for hydroxylation is 1. The minimum Gasteiger partial charge on any atom is -0.492 e. The van der Waals surface area contributed by atoms with Crippen molar-refractivity contribution >= 4 is 9.84 Å². The van der Waals surface area contributed by atoms with Crippen LogP contribution in [0.5, 0.6) is 5.88 Å². The molecule has 0 radical (unpaired) electrons. The highest BCUT2D eigenvalue weighted by Crippen LogP contribution is 2.30. The van der Waals surface area contributed by atoms with Gasteiger partial charge in [0.05, 0.1) is 17.5 Å². The van der Waals surface area contributed by atoms with Crippen LogP contribution in [0.15, 0.2) is 81.4 Å². The van der Waals surface area contributed by atoms with E-state index in [-0.39, 0.29) is 17.3 Å². The van der Waals surface area contributed by atoms with E-state index in [1.54, 1.807) is 13.0 Å². The largest absolute Gasteiger partial charge is 0.492 e. The number of methoxy groups -OCH3 is 1. The molecule has 8 nitrogen and oxygen atoms in total. The van der Waals surface area contributed by atoms with Gasteiger partial charge in [0.15, 0.2) is 4.90 Å². The number of rotatable bonds is 11. The van der Waals surface area contributed by atoms with Crippen molar-refractivity contribution in [1.82, 2.24) is 14.5 Å². The molecule has 0 amide bonds. The molecule has 2 aromatic carbocycles. The first-order valence-electron chi connectivity index (χ1n) is 13.1. The smallest absolute Gasteiger partial charge is 0.277 e. The van der Waals surface area contributed by atoms with Crippen LogP contribution in [-0.2, 0) is 21.0 Å². The zero-order chi connectivity index (χ0) is 28.9. The van der Waals surface area contributed by atoms with Gasteiger partial charge >= 0.3 is 0 Å². The number of nitrogens with zero attached hydrogens (tertiary/aromatic N) is 3. The Morgan fingerprint density at radius 1 is 1.05 bits per heavy atom. The van der Waals surface area contributed by atoms with Crippen LogP contribution >= 0.6 is 0 Å². The molecule has 1 atom stereocenters. The van der Waals surface area contributed by atoms with Crippen LogP contribution in [0, 0.1) is 12.9 Å². The average Bonchev–Trinajstić information content (AvgIpc) is 2.94. The van der Waals surface area contributed by atoms with E-state index < -0.39 is 38.2 Å². The molecule has 0 unspecified atom stereocenters. The van der Waals surface area contributed by atoms with Crippen LogP contribution in [-0.4, -0.2) is 41.8 Å². The Bertz CT molecular complexity index is 1640. The Morgan fingerprint density at radius 3 is 2.40 bits per heavy atom. The SMILES string of the molecule is CCCCCc1nc(O)c(S(=O)(=O)c2ccc(-c3ccnc(F)c3C)cc2)c(=O)n1[C@@H](COC)c1ccccc1. The van der Waals surface area contributed by atoms with E-state index >= 15 is 0 Å². The fourth-order valence-corrected chi connectivity index (χ4v) is 6.07. The molecule has 4 aromatic rings. The predicted octanol–water partition coefficient (Wildman–Crippen LogP) is 5.26. The number of benzene rings is 2. The number of aromatic nitrogens is 3. The van der Waals surface area contributed by atoms with Crippen molar-refractivity contribution in [3.05, 3.63) is 100 Å². The Hall–Kier alpha value is -3.89. The first kappa shape index (κ1) is 29.1. The van der Waals surface area contributed by atoms with Gasteiger partial charge < -0.3 is 9.84 Å². The lowest BCUT2D eigenvalue weighted by Gasteiger charge is -2.24. The van der Waals surface area contributed by atoms with Crippen LogP contribution in [0.1, 0.15) is 49.2 Å². The third-order valence-corrected chi connectivity index (χ3v) is 8.63. The van der Waals surface area contributed by atoms with E-state index in [2.05, 4.69) is 9.97 Å². The van der Waals surface area contributed by atoms with Gasteiger partial charge in [-0.2, -0.15) is 9.37 Å². The van der Waals surface area contributed by atoms with Gasteiger partial charge in [0, 0.05) is 25.3 Å². The third kappa shape index (κ3) is 5.83. The minimum absolute atomic E-state index is 0.0905. The monoisotopic (exact) mass is 565 g/mol. The van der Waals surface area contributed by atoms with Crippen LogP contribution in [0.3, 0.4) is 0 Å². The standard InChI is InChI=1S/C30H32FN3O5S/c1-4-5-7-12-26-33-29(35)27(30(36)34(26)25(19-39-3)22-10-8-6-9-11-22)40(37,38)23-15-13-21(14-16-23)24-17-18-32-28(31)20(24)2/h6,8-11,13-18,25,35H,4-5,7,12,19H2,1-3H3/t25-/m0/s1. The molecule has 0 saturated carbocycles. The molecular weight excluding hydrogens is 533 g/mol. The summed E-state index contributed by atoms with van der Waals surface area (Å²) in [6.07, 6.45) is 4.23. The molecule has 0 spiro atoms. The summed E-state index contributed by atoms with van der Waals surface area (Å²) in [4.78, 5) is 20.9. The number of hydrogen-bond acceptors (Lipinski definition) is 7. The van der Waals surface area contributed by atoms with E-state index in [0.717, 1.165) is 18.4 Å². The molecule has 2 heterocycles. The summed E-state index contributed by atoms with van der Waals surface area (Å²) in [5.41, 5.74) is 1.33. The number of ether oxygens (including phenoxy) is 1. The predicted molar refractivity (Wildman–Crippen MR) is 150 cm³/mol. The normalized spacial score (nSPS) is 12.4. The molecule has 210 valence electrons. The van der Waals surface area contributed by atoms with Crippen molar-refractivity contribution in [1.29, 1.82) is 0 Å². The van der Waals surface area contributed by atoms with Crippen LogP contribution < -0.4 is 5.56 Å². The Labute approximate surface area is 233 Å². The lowest BCUT2D eigenvalue weighted by atomic mass is 10.0. The quantitative estimate of drug-likeness (QED) is 0.195. The number of aromatic hydroxyl groups is 1. The molecule has 2 aromatic heterocycles. The van der Waals surface area contributed by atoms with Crippen LogP contribution in [0.4, 0.5) is 4.39 Å². The lowest BCUT2D eigenvalue weighted by Crippen LogP contribution is -2.35. The highest BCUT2D eigenvalue weighted by atomic mass is 32.2. The van der Waals surface area contributed by atoms with Gasteiger partial charge in [-0.15, -0.1) is 0 Å². The second-order valence-corrected chi connectivity index (χ2v) is 11.4. The van der Waals surface area contributed by atoms with Gasteiger partial charge in [-0.3, -0.25) is 9.36 Å². The second-order valence-electron chi connectivity index (χ2n) is 9.50. The second kappa shape index (κ2) is 12.5. The maximum Gasteiger partial charge on any atom is 0.277 e. The third-order valence-electron chi connectivity index (χ3n) is 6.84. The summed E-state index contributed by atoms with van der Waals surface area (Å²) in [5, 5.41) is 10.8. The van der Waals surface area contributed by atoms with Gasteiger partial charge in [-0.05, 0) is 48.2 Å². The molecule has 0 aliphatic rings. The van der Waals surface area contributed by atoms with Gasteiger partial charge in [0.2, 0.25) is 21.7 Å². The van der Waals surface area contributed by atoms with E-state index in [4.69, 9.17) is 4.74 Å². The molecule has 1 N–H and O–H groups in total. The van der Waals surface area contributed by atoms with Crippen molar-refractivity contribution in [2.45, 2.75) is 55.4 Å². The highest BCUT2D eigenvalue weighted by Gasteiger charge is 2.32. The molecule has 10 heteroatoms. The van der Waals surface area contributed by atoms with Crippen molar-refractivity contribution < 1.29 is 22.7 Å². The van der Waals surface area contributed by atoms with Gasteiger partial charge in [-0.25, -0.2) is 13.4 Å². The maximum absolute atomic E-state index is 14.0. The molecule has 0 saturated heterocycles. The number of unbranched alkanes of at least 4 members (excludes halogenated alkanes) is 2. The first-order chi connectivity index (χ1) is 19.2.